The second kappa shape index (κ2) is 7.93. The van der Waals surface area contributed by atoms with Crippen molar-refractivity contribution < 1.29 is 4.79 Å². The highest BCUT2D eigenvalue weighted by Gasteiger charge is 2.17. The summed E-state index contributed by atoms with van der Waals surface area (Å²) in [6.07, 6.45) is 3.34. The predicted molar refractivity (Wildman–Crippen MR) is 98.1 cm³/mol. The third-order valence-electron chi connectivity index (χ3n) is 4.00. The van der Waals surface area contributed by atoms with Crippen LogP contribution in [0.4, 0.5) is 0 Å². The molecule has 0 bridgehead atoms. The summed E-state index contributed by atoms with van der Waals surface area (Å²) in [5, 5.41) is 5.07. The standard InChI is InChI=1S/C19H21N3OS/c1-2-15(14-7-4-3-5-8-14)19(23)20-11-10-18-21-13-16(22-18)17-9-6-12-24-17/h3-9,12-13,15H,2,10-11H2,1H3,(H,20,23)(H,21,22)/t15-/m0/s1. The van der Waals surface area contributed by atoms with Crippen LogP contribution < -0.4 is 5.32 Å². The van der Waals surface area contributed by atoms with Crippen LogP contribution in [0.25, 0.3) is 10.6 Å². The van der Waals surface area contributed by atoms with Gasteiger partial charge in [0.05, 0.1) is 22.7 Å². The van der Waals surface area contributed by atoms with Gasteiger partial charge in [0, 0.05) is 13.0 Å². The molecule has 1 atom stereocenters. The molecule has 4 nitrogen and oxygen atoms in total. The molecule has 1 amide bonds. The summed E-state index contributed by atoms with van der Waals surface area (Å²) in [6, 6.07) is 14.0. The van der Waals surface area contributed by atoms with Gasteiger partial charge < -0.3 is 10.3 Å². The molecule has 3 aromatic rings. The van der Waals surface area contributed by atoms with Crippen molar-refractivity contribution in [1.82, 2.24) is 15.3 Å². The summed E-state index contributed by atoms with van der Waals surface area (Å²) in [7, 11) is 0. The van der Waals surface area contributed by atoms with Crippen LogP contribution in [0.15, 0.2) is 54.0 Å². The van der Waals surface area contributed by atoms with E-state index in [9.17, 15) is 4.79 Å². The van der Waals surface area contributed by atoms with Crippen molar-refractivity contribution >= 4 is 17.2 Å². The van der Waals surface area contributed by atoms with E-state index in [0.29, 0.717) is 13.0 Å². The number of aromatic amines is 1. The van der Waals surface area contributed by atoms with Crippen molar-refractivity contribution in [3.05, 3.63) is 65.4 Å². The molecule has 0 unspecified atom stereocenters. The minimum Gasteiger partial charge on any atom is -0.355 e. The number of amides is 1. The molecule has 2 aromatic heterocycles. The third kappa shape index (κ3) is 3.92. The summed E-state index contributed by atoms with van der Waals surface area (Å²) in [5.41, 5.74) is 2.09. The molecule has 0 fully saturated rings. The molecule has 24 heavy (non-hydrogen) atoms. The van der Waals surface area contributed by atoms with E-state index in [4.69, 9.17) is 0 Å². The van der Waals surface area contributed by atoms with Gasteiger partial charge in [-0.15, -0.1) is 11.3 Å². The largest absolute Gasteiger partial charge is 0.355 e. The number of hydrogen-bond donors (Lipinski definition) is 2. The molecule has 0 spiro atoms. The van der Waals surface area contributed by atoms with Crippen molar-refractivity contribution in [2.45, 2.75) is 25.7 Å². The first-order valence-corrected chi connectivity index (χ1v) is 9.06. The molecule has 2 heterocycles. The molecule has 0 saturated heterocycles. The third-order valence-corrected chi connectivity index (χ3v) is 4.91. The molecule has 3 rings (SSSR count). The number of hydrogen-bond acceptors (Lipinski definition) is 3. The predicted octanol–water partition coefficient (Wildman–Crippen LogP) is 3.99. The van der Waals surface area contributed by atoms with Crippen LogP contribution >= 0.6 is 11.3 Å². The van der Waals surface area contributed by atoms with Gasteiger partial charge in [-0.25, -0.2) is 4.98 Å². The highest BCUT2D eigenvalue weighted by Crippen LogP contribution is 2.22. The number of rotatable bonds is 7. The zero-order valence-corrected chi connectivity index (χ0v) is 14.5. The summed E-state index contributed by atoms with van der Waals surface area (Å²) in [6.45, 7) is 2.62. The van der Waals surface area contributed by atoms with E-state index in [-0.39, 0.29) is 11.8 Å². The fourth-order valence-electron chi connectivity index (χ4n) is 2.73. The lowest BCUT2D eigenvalue weighted by molar-refractivity contribution is -0.122. The highest BCUT2D eigenvalue weighted by atomic mass is 32.1. The molecule has 0 aliphatic heterocycles. The van der Waals surface area contributed by atoms with Crippen LogP contribution in [0.5, 0.6) is 0 Å². The van der Waals surface area contributed by atoms with Crippen molar-refractivity contribution in [1.29, 1.82) is 0 Å². The summed E-state index contributed by atoms with van der Waals surface area (Å²) >= 11 is 1.68. The second-order valence-electron chi connectivity index (χ2n) is 5.63. The van der Waals surface area contributed by atoms with E-state index in [1.807, 2.05) is 54.9 Å². The number of H-pyrrole nitrogens is 1. The quantitative estimate of drug-likeness (QED) is 0.684. The fourth-order valence-corrected chi connectivity index (χ4v) is 3.42. The van der Waals surface area contributed by atoms with Crippen LogP contribution in [-0.2, 0) is 11.2 Å². The zero-order valence-electron chi connectivity index (χ0n) is 13.7. The number of thiophene rings is 1. The average Bonchev–Trinajstić information content (AvgIpc) is 3.28. The fraction of sp³-hybridized carbons (Fsp3) is 0.263. The Kier molecular flexibility index (Phi) is 5.43. The van der Waals surface area contributed by atoms with Crippen LogP contribution in [0.2, 0.25) is 0 Å². The van der Waals surface area contributed by atoms with Crippen LogP contribution in [0.1, 0.15) is 30.7 Å². The second-order valence-corrected chi connectivity index (χ2v) is 6.58. The van der Waals surface area contributed by atoms with Gasteiger partial charge in [0.2, 0.25) is 5.91 Å². The molecule has 2 N–H and O–H groups in total. The van der Waals surface area contributed by atoms with Crippen LogP contribution in [0, 0.1) is 0 Å². The van der Waals surface area contributed by atoms with Crippen LogP contribution in [0.3, 0.4) is 0 Å². The van der Waals surface area contributed by atoms with Gasteiger partial charge >= 0.3 is 0 Å². The molecule has 0 aliphatic carbocycles. The molecule has 0 aliphatic rings. The lowest BCUT2D eigenvalue weighted by Gasteiger charge is -2.15. The number of carbonyl (C=O) groups is 1. The first-order chi connectivity index (χ1) is 11.8. The van der Waals surface area contributed by atoms with Gasteiger partial charge in [-0.1, -0.05) is 43.3 Å². The van der Waals surface area contributed by atoms with E-state index in [2.05, 4.69) is 21.4 Å². The number of nitrogens with zero attached hydrogens (tertiary/aromatic N) is 1. The summed E-state index contributed by atoms with van der Waals surface area (Å²) < 4.78 is 0. The molecule has 124 valence electrons. The minimum absolute atomic E-state index is 0.0775. The van der Waals surface area contributed by atoms with Gasteiger partial charge in [-0.2, -0.15) is 0 Å². The molecule has 1 aromatic carbocycles. The smallest absolute Gasteiger partial charge is 0.227 e. The van der Waals surface area contributed by atoms with Crippen molar-refractivity contribution in [3.8, 4) is 10.6 Å². The summed E-state index contributed by atoms with van der Waals surface area (Å²) in [4.78, 5) is 21.3. The Morgan fingerprint density at radius 1 is 1.25 bits per heavy atom. The lowest BCUT2D eigenvalue weighted by Crippen LogP contribution is -2.31. The van der Waals surface area contributed by atoms with Crippen molar-refractivity contribution in [2.24, 2.45) is 0 Å². The Morgan fingerprint density at radius 2 is 2.08 bits per heavy atom. The SMILES string of the molecule is CC[C@H](C(=O)NCCc1ncc(-c2cccs2)[nH]1)c1ccccc1. The maximum atomic E-state index is 12.4. The Balaban J connectivity index is 1.53. The molecular formula is C19H21N3OS. The van der Waals surface area contributed by atoms with E-state index in [1.54, 1.807) is 11.3 Å². The Labute approximate surface area is 146 Å². The van der Waals surface area contributed by atoms with Gasteiger partial charge in [-0.3, -0.25) is 4.79 Å². The molecule has 0 saturated carbocycles. The van der Waals surface area contributed by atoms with E-state index < -0.39 is 0 Å². The molecular weight excluding hydrogens is 318 g/mol. The Morgan fingerprint density at radius 3 is 2.79 bits per heavy atom. The maximum Gasteiger partial charge on any atom is 0.227 e. The number of carbonyl (C=O) groups excluding carboxylic acids is 1. The highest BCUT2D eigenvalue weighted by molar-refractivity contribution is 7.13. The van der Waals surface area contributed by atoms with E-state index in [1.165, 1.54) is 4.88 Å². The number of imidazole rings is 1. The average molecular weight is 339 g/mol. The number of benzene rings is 1. The van der Waals surface area contributed by atoms with Gasteiger partial charge in [0.25, 0.3) is 0 Å². The Bertz CT molecular complexity index is 765. The van der Waals surface area contributed by atoms with E-state index >= 15 is 0 Å². The Hall–Kier alpha value is -2.40. The molecule has 5 heteroatoms. The first-order valence-electron chi connectivity index (χ1n) is 8.18. The summed E-state index contributed by atoms with van der Waals surface area (Å²) in [5.74, 6) is 0.879. The lowest BCUT2D eigenvalue weighted by atomic mass is 9.96. The van der Waals surface area contributed by atoms with Crippen LogP contribution in [-0.4, -0.2) is 22.4 Å². The topological polar surface area (TPSA) is 57.8 Å². The van der Waals surface area contributed by atoms with E-state index in [0.717, 1.165) is 23.5 Å². The zero-order chi connectivity index (χ0) is 16.8. The van der Waals surface area contributed by atoms with Gasteiger partial charge in [0.1, 0.15) is 5.82 Å². The monoisotopic (exact) mass is 339 g/mol. The number of aromatic nitrogens is 2. The van der Waals surface area contributed by atoms with Gasteiger partial charge in [0.15, 0.2) is 0 Å². The van der Waals surface area contributed by atoms with Crippen molar-refractivity contribution in [3.63, 3.8) is 0 Å². The minimum atomic E-state index is -0.0931. The maximum absolute atomic E-state index is 12.4. The first kappa shape index (κ1) is 16.5. The molecule has 0 radical (unpaired) electrons. The van der Waals surface area contributed by atoms with Crippen molar-refractivity contribution in [2.75, 3.05) is 6.54 Å². The normalized spacial score (nSPS) is 12.0. The number of nitrogens with one attached hydrogen (secondary N) is 2. The van der Waals surface area contributed by atoms with Gasteiger partial charge in [-0.05, 0) is 23.4 Å².